The number of hydrogen-bond donors (Lipinski definition) is 1. The predicted octanol–water partition coefficient (Wildman–Crippen LogP) is 4.00. The summed E-state index contributed by atoms with van der Waals surface area (Å²) in [6, 6.07) is 8.98. The standard InChI is InChI=1S/C15H20O3/c1-2-3-4-5-9-12-14(15(16)17)18-13-10-7-6-8-11-13/h6-8,10-12H,2-5,9H2,1H3,(H,16,17). The summed E-state index contributed by atoms with van der Waals surface area (Å²) in [7, 11) is 0. The summed E-state index contributed by atoms with van der Waals surface area (Å²) in [5.74, 6) is -0.452. The maximum atomic E-state index is 11.0. The number of rotatable bonds is 8. The third kappa shape index (κ3) is 5.53. The zero-order valence-corrected chi connectivity index (χ0v) is 10.8. The predicted molar refractivity (Wildman–Crippen MR) is 71.5 cm³/mol. The van der Waals surface area contributed by atoms with E-state index in [-0.39, 0.29) is 5.76 Å². The van der Waals surface area contributed by atoms with Crippen LogP contribution in [0.25, 0.3) is 0 Å². The summed E-state index contributed by atoms with van der Waals surface area (Å²) >= 11 is 0. The lowest BCUT2D eigenvalue weighted by Crippen LogP contribution is -2.07. The van der Waals surface area contributed by atoms with E-state index in [0.717, 1.165) is 19.3 Å². The van der Waals surface area contributed by atoms with Crippen LogP contribution in [-0.2, 0) is 4.79 Å². The molecule has 0 aliphatic heterocycles. The van der Waals surface area contributed by atoms with E-state index in [1.54, 1.807) is 18.2 Å². The van der Waals surface area contributed by atoms with Gasteiger partial charge in [0.25, 0.3) is 0 Å². The molecule has 1 aromatic rings. The van der Waals surface area contributed by atoms with Crippen molar-refractivity contribution in [1.82, 2.24) is 0 Å². The first kappa shape index (κ1) is 14.3. The van der Waals surface area contributed by atoms with Crippen LogP contribution in [0.1, 0.15) is 39.0 Å². The number of carboxylic acids is 1. The maximum absolute atomic E-state index is 11.0. The fourth-order valence-corrected chi connectivity index (χ4v) is 1.59. The van der Waals surface area contributed by atoms with Gasteiger partial charge in [0.2, 0.25) is 5.76 Å². The van der Waals surface area contributed by atoms with Crippen LogP contribution >= 0.6 is 0 Å². The Hall–Kier alpha value is -1.77. The zero-order valence-electron chi connectivity index (χ0n) is 10.8. The highest BCUT2D eigenvalue weighted by Crippen LogP contribution is 2.14. The number of ether oxygens (including phenoxy) is 1. The van der Waals surface area contributed by atoms with Crippen LogP contribution in [0.2, 0.25) is 0 Å². The fourth-order valence-electron chi connectivity index (χ4n) is 1.59. The smallest absolute Gasteiger partial charge is 0.371 e. The highest BCUT2D eigenvalue weighted by molar-refractivity contribution is 5.84. The van der Waals surface area contributed by atoms with E-state index in [4.69, 9.17) is 9.84 Å². The Bertz CT molecular complexity index is 382. The molecule has 1 aromatic carbocycles. The molecule has 18 heavy (non-hydrogen) atoms. The van der Waals surface area contributed by atoms with E-state index in [9.17, 15) is 4.79 Å². The molecule has 3 nitrogen and oxygen atoms in total. The van der Waals surface area contributed by atoms with Gasteiger partial charge in [-0.3, -0.25) is 0 Å². The molecule has 0 spiro atoms. The van der Waals surface area contributed by atoms with Gasteiger partial charge in [-0.25, -0.2) is 4.79 Å². The minimum absolute atomic E-state index is 0.0118. The van der Waals surface area contributed by atoms with Gasteiger partial charge in [-0.2, -0.15) is 0 Å². The summed E-state index contributed by atoms with van der Waals surface area (Å²) in [5, 5.41) is 9.04. The minimum Gasteiger partial charge on any atom is -0.475 e. The molecule has 3 heteroatoms. The number of allylic oxidation sites excluding steroid dienone is 1. The van der Waals surface area contributed by atoms with Crippen molar-refractivity contribution < 1.29 is 14.6 Å². The SMILES string of the molecule is CCCCCCC=C(Oc1ccccc1)C(=O)O. The number of aliphatic carboxylic acids is 1. The van der Waals surface area contributed by atoms with Crippen LogP contribution in [0.15, 0.2) is 42.2 Å². The average molecular weight is 248 g/mol. The number of unbranched alkanes of at least 4 members (excludes halogenated alkanes) is 4. The topological polar surface area (TPSA) is 46.5 Å². The lowest BCUT2D eigenvalue weighted by Gasteiger charge is -2.05. The zero-order chi connectivity index (χ0) is 13.2. The van der Waals surface area contributed by atoms with E-state index >= 15 is 0 Å². The first-order valence-corrected chi connectivity index (χ1v) is 6.40. The van der Waals surface area contributed by atoms with Crippen LogP contribution in [0.3, 0.4) is 0 Å². The molecule has 0 aliphatic rings. The van der Waals surface area contributed by atoms with Gasteiger partial charge in [0.15, 0.2) is 0 Å². The molecule has 0 unspecified atom stereocenters. The van der Waals surface area contributed by atoms with Gasteiger partial charge in [0.1, 0.15) is 5.75 Å². The van der Waals surface area contributed by atoms with Crippen molar-refractivity contribution in [3.63, 3.8) is 0 Å². The summed E-state index contributed by atoms with van der Waals surface area (Å²) in [4.78, 5) is 11.0. The van der Waals surface area contributed by atoms with E-state index in [1.807, 2.05) is 18.2 Å². The molecule has 0 fully saturated rings. The van der Waals surface area contributed by atoms with E-state index in [1.165, 1.54) is 12.8 Å². The Morgan fingerprint density at radius 2 is 1.94 bits per heavy atom. The van der Waals surface area contributed by atoms with Gasteiger partial charge in [0, 0.05) is 0 Å². The van der Waals surface area contributed by atoms with Gasteiger partial charge in [-0.05, 0) is 31.1 Å². The quantitative estimate of drug-likeness (QED) is 0.429. The second kappa shape index (κ2) is 8.34. The summed E-state index contributed by atoms with van der Waals surface area (Å²) in [5.41, 5.74) is 0. The molecule has 0 amide bonds. The van der Waals surface area contributed by atoms with Crippen molar-refractivity contribution in [3.05, 3.63) is 42.2 Å². The van der Waals surface area contributed by atoms with Crippen molar-refractivity contribution in [2.45, 2.75) is 39.0 Å². The average Bonchev–Trinajstić information content (AvgIpc) is 2.38. The third-order valence-electron chi connectivity index (χ3n) is 2.57. The monoisotopic (exact) mass is 248 g/mol. The molecule has 0 heterocycles. The Morgan fingerprint density at radius 1 is 1.22 bits per heavy atom. The second-order valence-corrected chi connectivity index (χ2v) is 4.14. The van der Waals surface area contributed by atoms with Crippen molar-refractivity contribution in [1.29, 1.82) is 0 Å². The number of carboxylic acid groups (broad SMARTS) is 1. The molecule has 0 aromatic heterocycles. The molecular weight excluding hydrogens is 228 g/mol. The highest BCUT2D eigenvalue weighted by atomic mass is 16.5. The van der Waals surface area contributed by atoms with Crippen LogP contribution in [0, 0.1) is 0 Å². The van der Waals surface area contributed by atoms with Gasteiger partial charge in [-0.1, -0.05) is 44.4 Å². The number of hydrogen-bond acceptors (Lipinski definition) is 2. The number of benzene rings is 1. The first-order valence-electron chi connectivity index (χ1n) is 6.40. The van der Waals surface area contributed by atoms with Crippen LogP contribution in [0.4, 0.5) is 0 Å². The van der Waals surface area contributed by atoms with E-state index < -0.39 is 5.97 Å². The molecule has 0 bridgehead atoms. The summed E-state index contributed by atoms with van der Waals surface area (Å²) < 4.78 is 5.34. The molecule has 0 saturated carbocycles. The Kier molecular flexibility index (Phi) is 6.62. The Morgan fingerprint density at radius 3 is 2.56 bits per heavy atom. The van der Waals surface area contributed by atoms with Gasteiger partial charge in [-0.15, -0.1) is 0 Å². The van der Waals surface area contributed by atoms with E-state index in [2.05, 4.69) is 6.92 Å². The molecular formula is C15H20O3. The van der Waals surface area contributed by atoms with Crippen molar-refractivity contribution in [2.24, 2.45) is 0 Å². The molecule has 0 aliphatic carbocycles. The Balaban J connectivity index is 2.49. The van der Waals surface area contributed by atoms with Crippen LogP contribution in [0.5, 0.6) is 5.75 Å². The largest absolute Gasteiger partial charge is 0.475 e. The van der Waals surface area contributed by atoms with Gasteiger partial charge in [0.05, 0.1) is 0 Å². The lowest BCUT2D eigenvalue weighted by atomic mass is 10.1. The van der Waals surface area contributed by atoms with Crippen LogP contribution < -0.4 is 4.74 Å². The minimum atomic E-state index is -1.02. The lowest BCUT2D eigenvalue weighted by molar-refractivity contribution is -0.135. The fraction of sp³-hybridized carbons (Fsp3) is 0.400. The Labute approximate surface area is 108 Å². The molecule has 1 rings (SSSR count). The molecule has 0 radical (unpaired) electrons. The highest BCUT2D eigenvalue weighted by Gasteiger charge is 2.09. The first-order chi connectivity index (χ1) is 8.74. The molecule has 0 saturated heterocycles. The molecule has 98 valence electrons. The maximum Gasteiger partial charge on any atom is 0.371 e. The summed E-state index contributed by atoms with van der Waals surface area (Å²) in [6.45, 7) is 2.15. The number of para-hydroxylation sites is 1. The third-order valence-corrected chi connectivity index (χ3v) is 2.57. The van der Waals surface area contributed by atoms with Crippen molar-refractivity contribution >= 4 is 5.97 Å². The number of carbonyl (C=O) groups is 1. The van der Waals surface area contributed by atoms with Crippen LogP contribution in [-0.4, -0.2) is 11.1 Å². The molecule has 0 atom stereocenters. The second-order valence-electron chi connectivity index (χ2n) is 4.14. The molecule has 1 N–H and O–H groups in total. The van der Waals surface area contributed by atoms with Gasteiger partial charge < -0.3 is 9.84 Å². The normalized spacial score (nSPS) is 11.3. The van der Waals surface area contributed by atoms with Crippen molar-refractivity contribution in [3.8, 4) is 5.75 Å². The summed E-state index contributed by atoms with van der Waals surface area (Å²) in [6.07, 6.45) is 6.90. The van der Waals surface area contributed by atoms with Crippen molar-refractivity contribution in [2.75, 3.05) is 0 Å². The van der Waals surface area contributed by atoms with E-state index in [0.29, 0.717) is 5.75 Å². The van der Waals surface area contributed by atoms with Gasteiger partial charge >= 0.3 is 5.97 Å².